The van der Waals surface area contributed by atoms with Crippen LogP contribution in [0.3, 0.4) is 0 Å². The molecule has 0 saturated heterocycles. The number of benzene rings is 1. The Kier molecular flexibility index (Phi) is 5.05. The molecule has 35 heavy (non-hydrogen) atoms. The molecule has 1 fully saturated rings. The summed E-state index contributed by atoms with van der Waals surface area (Å²) in [6, 6.07) is 8.12. The minimum absolute atomic E-state index is 0.0509. The molecule has 1 aliphatic rings. The van der Waals surface area contributed by atoms with Crippen molar-refractivity contribution in [2.75, 3.05) is 5.73 Å². The zero-order chi connectivity index (χ0) is 25.2. The fourth-order valence-corrected chi connectivity index (χ4v) is 3.58. The molecule has 3 N–H and O–H groups in total. The SMILES string of the molecule is Nc1ncnc2c1c(-c1ccc3nc(OC4CC4)ccc3c1)nn2CC(O)(C(F)(F)F)C(F)(F)F. The summed E-state index contributed by atoms with van der Waals surface area (Å²) in [6.45, 7) is -1.98. The van der Waals surface area contributed by atoms with Gasteiger partial charge in [0, 0.05) is 17.0 Å². The normalized spacial score (nSPS) is 15.2. The van der Waals surface area contributed by atoms with Crippen molar-refractivity contribution in [1.82, 2.24) is 24.7 Å². The highest BCUT2D eigenvalue weighted by Gasteiger charge is 2.70. The van der Waals surface area contributed by atoms with Gasteiger partial charge in [-0.05, 0) is 31.0 Å². The van der Waals surface area contributed by atoms with Crippen LogP contribution >= 0.6 is 0 Å². The molecule has 0 unspecified atom stereocenters. The number of anilines is 1. The van der Waals surface area contributed by atoms with Crippen LogP contribution in [0.1, 0.15) is 12.8 Å². The van der Waals surface area contributed by atoms with Gasteiger partial charge < -0.3 is 15.6 Å². The van der Waals surface area contributed by atoms with Crippen molar-refractivity contribution in [1.29, 1.82) is 0 Å². The van der Waals surface area contributed by atoms with E-state index in [1.807, 2.05) is 0 Å². The highest BCUT2D eigenvalue weighted by Crippen LogP contribution is 2.45. The number of halogens is 6. The number of ether oxygens (including phenoxy) is 1. The smallest absolute Gasteiger partial charge is 0.428 e. The molecule has 14 heteroatoms. The Labute approximate surface area is 192 Å². The van der Waals surface area contributed by atoms with E-state index in [-0.39, 0.29) is 23.0 Å². The molecule has 0 spiro atoms. The van der Waals surface area contributed by atoms with Crippen molar-refractivity contribution in [3.63, 3.8) is 0 Å². The lowest BCUT2D eigenvalue weighted by atomic mass is 10.0. The highest BCUT2D eigenvalue weighted by atomic mass is 19.4. The number of nitrogen functional groups attached to an aromatic ring is 1. The average molecular weight is 498 g/mol. The summed E-state index contributed by atoms with van der Waals surface area (Å²) in [5, 5.41) is 14.2. The minimum Gasteiger partial charge on any atom is -0.474 e. The number of fused-ring (bicyclic) bond motifs is 2. The first-order chi connectivity index (χ1) is 16.4. The largest absolute Gasteiger partial charge is 0.474 e. The molecular formula is C21H16F6N6O2. The van der Waals surface area contributed by atoms with E-state index in [0.29, 0.717) is 27.0 Å². The Balaban J connectivity index is 1.61. The maximum absolute atomic E-state index is 13.3. The lowest BCUT2D eigenvalue weighted by Crippen LogP contribution is -2.59. The van der Waals surface area contributed by atoms with Gasteiger partial charge in [0.2, 0.25) is 5.88 Å². The Morgan fingerprint density at radius 1 is 1.03 bits per heavy atom. The summed E-state index contributed by atoms with van der Waals surface area (Å²) in [6.07, 6.45) is -9.13. The topological polar surface area (TPSA) is 112 Å². The number of alkyl halides is 6. The van der Waals surface area contributed by atoms with E-state index in [1.54, 1.807) is 24.3 Å². The summed E-state index contributed by atoms with van der Waals surface area (Å²) in [5.74, 6) is 0.240. The second-order valence-electron chi connectivity index (χ2n) is 8.19. The third-order valence-electron chi connectivity index (χ3n) is 5.62. The maximum atomic E-state index is 13.3. The van der Waals surface area contributed by atoms with Gasteiger partial charge in [-0.3, -0.25) is 0 Å². The first kappa shape index (κ1) is 23.1. The maximum Gasteiger partial charge on any atom is 0.428 e. The molecule has 0 bridgehead atoms. The molecule has 0 amide bonds. The third-order valence-corrected chi connectivity index (χ3v) is 5.62. The quantitative estimate of drug-likeness (QED) is 0.400. The number of rotatable bonds is 5. The zero-order valence-electron chi connectivity index (χ0n) is 17.6. The van der Waals surface area contributed by atoms with E-state index in [1.165, 1.54) is 6.07 Å². The van der Waals surface area contributed by atoms with Gasteiger partial charge in [0.25, 0.3) is 5.60 Å². The molecule has 3 heterocycles. The van der Waals surface area contributed by atoms with Gasteiger partial charge in [-0.2, -0.15) is 31.4 Å². The number of hydrogen-bond acceptors (Lipinski definition) is 7. The van der Waals surface area contributed by atoms with Gasteiger partial charge >= 0.3 is 12.4 Å². The summed E-state index contributed by atoms with van der Waals surface area (Å²) in [5.41, 5.74) is 1.25. The zero-order valence-corrected chi connectivity index (χ0v) is 17.6. The minimum atomic E-state index is -6.03. The molecule has 184 valence electrons. The van der Waals surface area contributed by atoms with Crippen molar-refractivity contribution >= 4 is 27.8 Å². The molecule has 1 aromatic carbocycles. The first-order valence-electron chi connectivity index (χ1n) is 10.3. The lowest BCUT2D eigenvalue weighted by molar-refractivity contribution is -0.372. The Morgan fingerprint density at radius 2 is 1.74 bits per heavy atom. The predicted octanol–water partition coefficient (Wildman–Crippen LogP) is 4.02. The Bertz CT molecular complexity index is 1420. The molecule has 0 atom stereocenters. The molecule has 0 aliphatic heterocycles. The van der Waals surface area contributed by atoms with E-state index in [0.717, 1.165) is 19.2 Å². The number of hydrogen-bond donors (Lipinski definition) is 2. The van der Waals surface area contributed by atoms with Crippen LogP contribution in [0.5, 0.6) is 5.88 Å². The highest BCUT2D eigenvalue weighted by molar-refractivity contribution is 5.99. The summed E-state index contributed by atoms with van der Waals surface area (Å²) < 4.78 is 85.8. The number of aromatic nitrogens is 5. The monoisotopic (exact) mass is 498 g/mol. The van der Waals surface area contributed by atoms with Crippen LogP contribution in [-0.4, -0.2) is 53.9 Å². The standard InChI is InChI=1S/C21H16F6N6O2/c22-20(23,24)19(34,21(25,26)27)8-33-18-15(17(28)29-9-30-18)16(32-33)11-1-5-13-10(7-11)2-6-14(31-13)35-12-3-4-12/h1-2,5-7,9,12,34H,3-4,8H2,(H2,28,29,30). The molecule has 8 nitrogen and oxygen atoms in total. The lowest BCUT2D eigenvalue weighted by Gasteiger charge is -2.32. The number of nitrogens with two attached hydrogens (primary N) is 1. The van der Waals surface area contributed by atoms with Crippen molar-refractivity contribution < 1.29 is 36.2 Å². The fraction of sp³-hybridized carbons (Fsp3) is 0.333. The van der Waals surface area contributed by atoms with Crippen LogP contribution in [0.2, 0.25) is 0 Å². The summed E-state index contributed by atoms with van der Waals surface area (Å²) >= 11 is 0. The van der Waals surface area contributed by atoms with E-state index in [4.69, 9.17) is 10.5 Å². The second kappa shape index (κ2) is 7.66. The second-order valence-corrected chi connectivity index (χ2v) is 8.19. The molecule has 1 aliphatic carbocycles. The van der Waals surface area contributed by atoms with E-state index in [9.17, 15) is 31.4 Å². The molecule has 1 saturated carbocycles. The number of pyridine rings is 1. The fourth-order valence-electron chi connectivity index (χ4n) is 3.58. The van der Waals surface area contributed by atoms with Crippen molar-refractivity contribution in [3.05, 3.63) is 36.7 Å². The van der Waals surface area contributed by atoms with Crippen molar-refractivity contribution in [2.45, 2.75) is 43.4 Å². The van der Waals surface area contributed by atoms with E-state index < -0.39 is 30.1 Å². The molecule has 5 rings (SSSR count). The van der Waals surface area contributed by atoms with Crippen LogP contribution < -0.4 is 10.5 Å². The van der Waals surface area contributed by atoms with Crippen molar-refractivity contribution in [2.24, 2.45) is 0 Å². The Hall–Kier alpha value is -3.68. The molecule has 0 radical (unpaired) electrons. The van der Waals surface area contributed by atoms with E-state index in [2.05, 4.69) is 20.1 Å². The van der Waals surface area contributed by atoms with E-state index >= 15 is 0 Å². The van der Waals surface area contributed by atoms with Gasteiger partial charge in [0.1, 0.15) is 23.9 Å². The number of nitrogens with zero attached hydrogens (tertiary/aromatic N) is 5. The summed E-state index contributed by atoms with van der Waals surface area (Å²) in [7, 11) is 0. The Morgan fingerprint density at radius 3 is 2.40 bits per heavy atom. The number of aliphatic hydroxyl groups is 1. The van der Waals surface area contributed by atoms with Crippen LogP contribution in [0.15, 0.2) is 36.7 Å². The van der Waals surface area contributed by atoms with Crippen molar-refractivity contribution in [3.8, 4) is 17.1 Å². The molecule has 3 aromatic heterocycles. The van der Waals surface area contributed by atoms with Gasteiger partial charge in [0.15, 0.2) is 5.65 Å². The van der Waals surface area contributed by atoms with Crippen LogP contribution in [-0.2, 0) is 6.54 Å². The van der Waals surface area contributed by atoms with Gasteiger partial charge in [-0.15, -0.1) is 0 Å². The first-order valence-corrected chi connectivity index (χ1v) is 10.3. The van der Waals surface area contributed by atoms with Crippen LogP contribution in [0.4, 0.5) is 32.2 Å². The van der Waals surface area contributed by atoms with Gasteiger partial charge in [-0.25, -0.2) is 19.6 Å². The third kappa shape index (κ3) is 3.96. The van der Waals surface area contributed by atoms with Gasteiger partial charge in [0.05, 0.1) is 17.4 Å². The van der Waals surface area contributed by atoms with Crippen LogP contribution in [0.25, 0.3) is 33.2 Å². The van der Waals surface area contributed by atoms with Gasteiger partial charge in [-0.1, -0.05) is 6.07 Å². The predicted molar refractivity (Wildman–Crippen MR) is 111 cm³/mol. The summed E-state index contributed by atoms with van der Waals surface area (Å²) in [4.78, 5) is 12.0. The average Bonchev–Trinajstić information content (AvgIpc) is 3.51. The van der Waals surface area contributed by atoms with Crippen LogP contribution in [0, 0.1) is 0 Å². The molecule has 4 aromatic rings. The molecular weight excluding hydrogens is 482 g/mol.